The fraction of sp³-hybridized carbons (Fsp3) is 0.500. The summed E-state index contributed by atoms with van der Waals surface area (Å²) >= 11 is 0. The van der Waals surface area contributed by atoms with Crippen LogP contribution in [-0.2, 0) is 19.5 Å². The average molecular weight is 339 g/mol. The molecule has 25 heavy (non-hydrogen) atoms. The van der Waals surface area contributed by atoms with Crippen molar-refractivity contribution in [1.29, 1.82) is 0 Å². The zero-order valence-corrected chi connectivity index (χ0v) is 14.4. The molecule has 1 saturated heterocycles. The lowest BCUT2D eigenvalue weighted by Crippen LogP contribution is -2.39. The number of aromatic nitrogens is 3. The molecule has 2 aromatic rings. The van der Waals surface area contributed by atoms with E-state index in [1.807, 2.05) is 18.3 Å². The number of nitrogens with one attached hydrogen (secondary N) is 2. The number of likely N-dealkylation sites (tertiary alicyclic amines) is 1. The van der Waals surface area contributed by atoms with E-state index in [0.717, 1.165) is 69.2 Å². The molecule has 4 heterocycles. The summed E-state index contributed by atoms with van der Waals surface area (Å²) in [5.41, 5.74) is 9.29. The number of nitrogens with two attached hydrogens (primary N) is 1. The standard InChI is InChI=1S/C18H25N7/c19-18-23-16-11-20-8-4-15(16)17(24-18)22-13-5-9-25(10-6-13)12-14-3-1-2-7-21-14/h1-3,7,13,20H,4-6,8-12H2,(H3,19,22,23,24). The number of anilines is 2. The largest absolute Gasteiger partial charge is 0.368 e. The molecule has 2 aliphatic heterocycles. The quantitative estimate of drug-likeness (QED) is 0.770. The van der Waals surface area contributed by atoms with Gasteiger partial charge in [0.05, 0.1) is 11.4 Å². The minimum Gasteiger partial charge on any atom is -0.368 e. The third-order valence-corrected chi connectivity index (χ3v) is 4.99. The summed E-state index contributed by atoms with van der Waals surface area (Å²) in [6.07, 6.45) is 5.02. The molecule has 0 amide bonds. The van der Waals surface area contributed by atoms with Crippen LogP contribution in [0.4, 0.5) is 11.8 Å². The van der Waals surface area contributed by atoms with Gasteiger partial charge in [0, 0.05) is 44.0 Å². The van der Waals surface area contributed by atoms with Crippen LogP contribution >= 0.6 is 0 Å². The molecule has 0 unspecified atom stereocenters. The summed E-state index contributed by atoms with van der Waals surface area (Å²) in [5, 5.41) is 6.97. The Morgan fingerprint density at radius 3 is 2.92 bits per heavy atom. The van der Waals surface area contributed by atoms with E-state index < -0.39 is 0 Å². The lowest BCUT2D eigenvalue weighted by molar-refractivity contribution is 0.209. The molecule has 7 heteroatoms. The smallest absolute Gasteiger partial charge is 0.222 e. The fourth-order valence-electron chi connectivity index (χ4n) is 3.65. The molecule has 4 rings (SSSR count). The number of fused-ring (bicyclic) bond motifs is 1. The van der Waals surface area contributed by atoms with E-state index in [0.29, 0.717) is 12.0 Å². The second kappa shape index (κ2) is 7.33. The molecule has 4 N–H and O–H groups in total. The lowest BCUT2D eigenvalue weighted by atomic mass is 10.0. The van der Waals surface area contributed by atoms with Crippen molar-refractivity contribution in [3.8, 4) is 0 Å². The van der Waals surface area contributed by atoms with E-state index in [4.69, 9.17) is 5.73 Å². The van der Waals surface area contributed by atoms with Crippen LogP contribution in [0.15, 0.2) is 24.4 Å². The second-order valence-electron chi connectivity index (χ2n) is 6.80. The summed E-state index contributed by atoms with van der Waals surface area (Å²) in [7, 11) is 0. The summed E-state index contributed by atoms with van der Waals surface area (Å²) in [5.74, 6) is 1.30. The first-order valence-electron chi connectivity index (χ1n) is 9.03. The van der Waals surface area contributed by atoms with E-state index in [9.17, 15) is 0 Å². The molecule has 0 spiro atoms. The number of rotatable bonds is 4. The Balaban J connectivity index is 1.37. The Morgan fingerprint density at radius 1 is 1.24 bits per heavy atom. The normalized spacial score (nSPS) is 18.7. The molecule has 2 aromatic heterocycles. The lowest BCUT2D eigenvalue weighted by Gasteiger charge is -2.33. The van der Waals surface area contributed by atoms with Crippen molar-refractivity contribution in [2.45, 2.75) is 38.4 Å². The van der Waals surface area contributed by atoms with E-state index in [1.54, 1.807) is 0 Å². The number of nitrogens with zero attached hydrogens (tertiary/aromatic N) is 4. The predicted octanol–water partition coefficient (Wildman–Crippen LogP) is 1.18. The van der Waals surface area contributed by atoms with Gasteiger partial charge in [0.15, 0.2) is 0 Å². The van der Waals surface area contributed by atoms with Crippen molar-refractivity contribution in [1.82, 2.24) is 25.2 Å². The molecule has 0 radical (unpaired) electrons. The van der Waals surface area contributed by atoms with Crippen molar-refractivity contribution in [3.63, 3.8) is 0 Å². The van der Waals surface area contributed by atoms with Gasteiger partial charge in [-0.3, -0.25) is 9.88 Å². The Bertz CT molecular complexity index is 711. The van der Waals surface area contributed by atoms with Gasteiger partial charge in [0.2, 0.25) is 5.95 Å². The average Bonchev–Trinajstić information content (AvgIpc) is 2.64. The maximum atomic E-state index is 5.89. The Morgan fingerprint density at radius 2 is 2.12 bits per heavy atom. The van der Waals surface area contributed by atoms with Gasteiger partial charge in [-0.2, -0.15) is 4.98 Å². The summed E-state index contributed by atoms with van der Waals surface area (Å²) in [6.45, 7) is 4.81. The maximum Gasteiger partial charge on any atom is 0.222 e. The minimum absolute atomic E-state index is 0.359. The summed E-state index contributed by atoms with van der Waals surface area (Å²) < 4.78 is 0. The van der Waals surface area contributed by atoms with Crippen LogP contribution in [0.25, 0.3) is 0 Å². The molecule has 132 valence electrons. The summed E-state index contributed by atoms with van der Waals surface area (Å²) in [4.78, 5) is 15.7. The van der Waals surface area contributed by atoms with Crippen molar-refractivity contribution in [2.75, 3.05) is 30.7 Å². The van der Waals surface area contributed by atoms with Crippen LogP contribution < -0.4 is 16.4 Å². The van der Waals surface area contributed by atoms with E-state index in [1.165, 1.54) is 5.56 Å². The Hall–Kier alpha value is -2.25. The molecular formula is C18H25N7. The Kier molecular flexibility index (Phi) is 4.76. The molecule has 0 aromatic carbocycles. The van der Waals surface area contributed by atoms with Gasteiger partial charge in [0.1, 0.15) is 5.82 Å². The van der Waals surface area contributed by atoms with Crippen LogP contribution in [0.5, 0.6) is 0 Å². The number of nitrogen functional groups attached to an aromatic ring is 1. The van der Waals surface area contributed by atoms with E-state index >= 15 is 0 Å². The number of piperidine rings is 1. The van der Waals surface area contributed by atoms with Gasteiger partial charge in [-0.05, 0) is 37.9 Å². The highest BCUT2D eigenvalue weighted by atomic mass is 15.2. The van der Waals surface area contributed by atoms with Gasteiger partial charge >= 0.3 is 0 Å². The number of pyridine rings is 1. The highest BCUT2D eigenvalue weighted by Crippen LogP contribution is 2.24. The van der Waals surface area contributed by atoms with E-state index in [2.05, 4.69) is 36.6 Å². The van der Waals surface area contributed by atoms with Gasteiger partial charge < -0.3 is 16.4 Å². The zero-order valence-electron chi connectivity index (χ0n) is 14.4. The van der Waals surface area contributed by atoms with E-state index in [-0.39, 0.29) is 0 Å². The first kappa shape index (κ1) is 16.2. The molecule has 2 aliphatic rings. The highest BCUT2D eigenvalue weighted by molar-refractivity contribution is 5.51. The Labute approximate surface area is 148 Å². The monoisotopic (exact) mass is 339 g/mol. The third kappa shape index (κ3) is 3.88. The number of hydrogen-bond donors (Lipinski definition) is 3. The minimum atomic E-state index is 0.359. The van der Waals surface area contributed by atoms with Crippen molar-refractivity contribution >= 4 is 11.8 Å². The molecule has 7 nitrogen and oxygen atoms in total. The zero-order chi connectivity index (χ0) is 17.1. The second-order valence-corrected chi connectivity index (χ2v) is 6.80. The first-order valence-corrected chi connectivity index (χ1v) is 9.03. The van der Waals surface area contributed by atoms with Crippen molar-refractivity contribution in [2.24, 2.45) is 0 Å². The molecule has 1 fully saturated rings. The van der Waals surface area contributed by atoms with Crippen LogP contribution in [0, 0.1) is 0 Å². The van der Waals surface area contributed by atoms with Crippen LogP contribution in [0.2, 0.25) is 0 Å². The van der Waals surface area contributed by atoms with Crippen molar-refractivity contribution in [3.05, 3.63) is 41.3 Å². The van der Waals surface area contributed by atoms with Crippen LogP contribution in [-0.4, -0.2) is 45.5 Å². The van der Waals surface area contributed by atoms with Crippen LogP contribution in [0.3, 0.4) is 0 Å². The van der Waals surface area contributed by atoms with Gasteiger partial charge in [-0.25, -0.2) is 4.98 Å². The van der Waals surface area contributed by atoms with Gasteiger partial charge in [-0.15, -0.1) is 0 Å². The first-order chi connectivity index (χ1) is 12.3. The maximum absolute atomic E-state index is 5.89. The van der Waals surface area contributed by atoms with Gasteiger partial charge in [-0.1, -0.05) is 6.07 Å². The fourth-order valence-corrected chi connectivity index (χ4v) is 3.65. The topological polar surface area (TPSA) is 92.0 Å². The third-order valence-electron chi connectivity index (χ3n) is 4.99. The van der Waals surface area contributed by atoms with Crippen molar-refractivity contribution < 1.29 is 0 Å². The predicted molar refractivity (Wildman–Crippen MR) is 98.0 cm³/mol. The molecule has 0 bridgehead atoms. The molecule has 0 atom stereocenters. The van der Waals surface area contributed by atoms with Gasteiger partial charge in [0.25, 0.3) is 0 Å². The summed E-state index contributed by atoms with van der Waals surface area (Å²) in [6, 6.07) is 6.54. The SMILES string of the molecule is Nc1nc2c(c(NC3CCN(Cc4ccccn4)CC3)n1)CCNC2. The van der Waals surface area contributed by atoms with Crippen LogP contribution in [0.1, 0.15) is 29.8 Å². The molecule has 0 aliphatic carbocycles. The molecular weight excluding hydrogens is 314 g/mol. The number of hydrogen-bond acceptors (Lipinski definition) is 7. The highest BCUT2D eigenvalue weighted by Gasteiger charge is 2.23. The molecule has 0 saturated carbocycles.